The van der Waals surface area contributed by atoms with E-state index in [-0.39, 0.29) is 98.7 Å². The van der Waals surface area contributed by atoms with E-state index in [1.807, 2.05) is 0 Å². The van der Waals surface area contributed by atoms with Crippen LogP contribution >= 0.6 is 13.4 Å². The molecular formula is C55H72FN17O20P2S2. The van der Waals surface area contributed by atoms with Crippen LogP contribution in [0.1, 0.15) is 83.7 Å². The number of imidazole rings is 2. The van der Waals surface area contributed by atoms with Crippen molar-refractivity contribution >= 4 is 130 Å². The number of fused-ring (bicyclic) bond motifs is 4. The number of ketones is 1. The number of Topliss-reactive ketones (excluding diaryl/α,β-unsaturated/α-hetero) is 1. The molecule has 4 fully saturated rings. The van der Waals surface area contributed by atoms with Crippen LogP contribution in [0.3, 0.4) is 0 Å². The molecule has 4 aromatic heterocycles. The lowest BCUT2D eigenvalue weighted by Gasteiger charge is -2.31. The Morgan fingerprint density at radius 3 is 2.01 bits per heavy atom. The topological polar surface area (TPSA) is 517 Å². The number of likely N-dealkylation sites (tertiary alicyclic amines) is 1. The fourth-order valence-electron chi connectivity index (χ4n) is 11.1. The highest BCUT2D eigenvalue weighted by Gasteiger charge is 2.55. The van der Waals surface area contributed by atoms with Gasteiger partial charge in [0.05, 0.1) is 37.8 Å². The van der Waals surface area contributed by atoms with Crippen molar-refractivity contribution in [2.45, 2.75) is 134 Å². The van der Waals surface area contributed by atoms with Gasteiger partial charge in [0.25, 0.3) is 0 Å². The number of nitrogens with two attached hydrogens (primary N) is 3. The number of carbonyl (C=O) groups excluding carboxylic acids is 8. The van der Waals surface area contributed by atoms with E-state index in [4.69, 9.17) is 83.0 Å². The number of carboxylic acids is 1. The van der Waals surface area contributed by atoms with Gasteiger partial charge in [-0.3, -0.25) is 46.9 Å². The normalized spacial score (nSPS) is 25.9. The molecule has 4 saturated heterocycles. The number of carboxylic acid groups (broad SMARTS) is 1. The molecule has 37 nitrogen and oxygen atoms in total. The Morgan fingerprint density at radius 2 is 1.39 bits per heavy atom. The summed E-state index contributed by atoms with van der Waals surface area (Å²) in [5.74, 6) is -7.32. The average Bonchev–Trinajstić information content (AvgIpc) is 1.62. The zero-order valence-corrected chi connectivity index (χ0v) is 55.6. The minimum Gasteiger partial charge on any atom is -0.481 e. The third-order valence-electron chi connectivity index (χ3n) is 16.0. The first kappa shape index (κ1) is 73.1. The Morgan fingerprint density at radius 1 is 0.784 bits per heavy atom. The maximum atomic E-state index is 16.6. The van der Waals surface area contributed by atoms with Gasteiger partial charge in [-0.1, -0.05) is 32.9 Å². The number of esters is 1. The summed E-state index contributed by atoms with van der Waals surface area (Å²) in [5, 5.41) is 21.8. The maximum absolute atomic E-state index is 16.6. The molecule has 14 atom stereocenters. The number of alkyl halides is 1. The molecule has 4 aliphatic heterocycles. The number of ether oxygens (including phenoxy) is 4. The summed E-state index contributed by atoms with van der Waals surface area (Å²) in [6.07, 6.45) is -9.34. The molecule has 0 saturated carbocycles. The number of rotatable bonds is 25. The predicted molar refractivity (Wildman–Crippen MR) is 340 cm³/mol. The maximum Gasteiger partial charge on any atom is 0.407 e. The molecule has 0 spiro atoms. The third-order valence-corrected chi connectivity index (χ3v) is 19.1. The molecule has 42 heteroatoms. The fourth-order valence-corrected chi connectivity index (χ4v) is 14.0. The second-order valence-electron chi connectivity index (χ2n) is 23.3. The van der Waals surface area contributed by atoms with Crippen LogP contribution in [0.2, 0.25) is 0 Å². The number of alkyl carbamates (subject to hydrolysis) is 1. The Hall–Kier alpha value is -8.14. The van der Waals surface area contributed by atoms with E-state index in [1.165, 1.54) is 45.7 Å². The first-order chi connectivity index (χ1) is 46.1. The van der Waals surface area contributed by atoms with Crippen molar-refractivity contribution in [3.05, 3.63) is 55.1 Å². The number of nitrogens with one attached hydrogen (secondary N) is 5. The second-order valence-corrected chi connectivity index (χ2v) is 28.9. The lowest BCUT2D eigenvalue weighted by atomic mass is 9.89. The van der Waals surface area contributed by atoms with Crippen molar-refractivity contribution in [1.29, 1.82) is 0 Å². The average molecular weight is 1440 g/mol. The van der Waals surface area contributed by atoms with E-state index >= 15 is 4.39 Å². The number of hydrogen-bond donors (Lipinski definition) is 11. The predicted octanol–water partition coefficient (Wildman–Crippen LogP) is 0.764. The lowest BCUT2D eigenvalue weighted by Crippen LogP contribution is -2.48. The van der Waals surface area contributed by atoms with E-state index in [2.05, 4.69) is 56.5 Å². The van der Waals surface area contributed by atoms with Crippen molar-refractivity contribution in [1.82, 2.24) is 65.2 Å². The molecule has 8 heterocycles. The minimum absolute atomic E-state index is 0.000454. The second kappa shape index (κ2) is 32.0. The summed E-state index contributed by atoms with van der Waals surface area (Å²) in [6.45, 7) is -6.63. The molecule has 14 N–H and O–H groups in total. The van der Waals surface area contributed by atoms with E-state index in [9.17, 15) is 52.9 Å². The van der Waals surface area contributed by atoms with Gasteiger partial charge in [0, 0.05) is 50.5 Å². The van der Waals surface area contributed by atoms with Gasteiger partial charge < -0.3 is 91.6 Å². The summed E-state index contributed by atoms with van der Waals surface area (Å²) < 4.78 is 66.6. The first-order valence-electron chi connectivity index (χ1n) is 30.3. The molecule has 97 heavy (non-hydrogen) atoms. The smallest absolute Gasteiger partial charge is 0.407 e. The summed E-state index contributed by atoms with van der Waals surface area (Å²) >= 11 is 10.9. The number of amides is 7. The Labute approximate surface area is 560 Å². The molecule has 526 valence electrons. The van der Waals surface area contributed by atoms with E-state index in [0.717, 1.165) is 12.7 Å². The molecule has 7 amide bonds. The Bertz CT molecular complexity index is 3860. The number of nitrogen functional groups attached to an aromatic ring is 2. The van der Waals surface area contributed by atoms with Gasteiger partial charge in [-0.15, -0.1) is 0 Å². The minimum atomic E-state index is -4.54. The highest BCUT2D eigenvalue weighted by Crippen LogP contribution is 2.55. The quantitative estimate of drug-likeness (QED) is 0.0218. The number of aliphatic carboxylic acids is 1. The van der Waals surface area contributed by atoms with Gasteiger partial charge in [-0.25, -0.2) is 48.7 Å². The number of primary amides is 1. The van der Waals surface area contributed by atoms with Crippen LogP contribution in [0.15, 0.2) is 49.6 Å². The Kier molecular flexibility index (Phi) is 24.1. The van der Waals surface area contributed by atoms with Crippen LogP contribution in [0.25, 0.3) is 22.3 Å². The molecular weight excluding hydrogens is 1360 g/mol. The SMILES string of the molecule is CC(CC(=O)NCCC(=O)N[C@H](C(=O)C[C@@H](CCCNC(N)=O)C(=O)Nc1ccc(COC(=O)NCC(=O)N2CCC[C@@H]2C(=O)O[C@@H]2[C@@H]3OP(O)(=S)OC[C@H]4O[C@@H](n5cnc6c(N)ncnc65)[C@H](F)[C@@H]4OP(O)(=S)OC[C@H]3O[C@H]2n2cnc3c(N)ncnc32)cc1)C(C)C)C(=O)O. The summed E-state index contributed by atoms with van der Waals surface area (Å²) in [7, 11) is 0. The monoisotopic (exact) mass is 1440 g/mol. The highest BCUT2D eigenvalue weighted by molar-refractivity contribution is 8.07. The number of anilines is 3. The molecule has 5 aromatic rings. The molecule has 3 unspecified atom stereocenters. The number of halogens is 1. The van der Waals surface area contributed by atoms with Crippen molar-refractivity contribution in [2.75, 3.05) is 56.2 Å². The number of nitrogens with zero attached hydrogens (tertiary/aromatic N) is 9. The first-order valence-corrected chi connectivity index (χ1v) is 35.5. The van der Waals surface area contributed by atoms with Crippen molar-refractivity contribution in [2.24, 2.45) is 23.5 Å². The number of aromatic nitrogens is 8. The van der Waals surface area contributed by atoms with Crippen LogP contribution in [0, 0.1) is 17.8 Å². The molecule has 0 aliphatic carbocycles. The highest BCUT2D eigenvalue weighted by atomic mass is 32.5. The number of urea groups is 1. The Balaban J connectivity index is 0.806. The zero-order chi connectivity index (χ0) is 70.0. The van der Waals surface area contributed by atoms with E-state index in [0.29, 0.717) is 17.7 Å². The van der Waals surface area contributed by atoms with Crippen molar-refractivity contribution < 1.29 is 99.5 Å². The van der Waals surface area contributed by atoms with Gasteiger partial charge in [0.15, 0.2) is 53.4 Å². The molecule has 0 bridgehead atoms. The standard InChI is InChI=1S/C55H72FN17O20P2S2/c1-26(2)39(70-35(75)12-14-60-36(76)16-27(3)52(79)80)32(74)17-29(6-4-13-61-54(59)82)49(78)69-30-10-8-28(9-11-30)19-86-55(83)62-18-37(77)71-15-5-7-31(71)53(81)91-44-43-34(90-51(44)73-25-68-41-46(58)64-23-66-48(41)73)21-88-94(84,96)92-42-33(20-87-95(85,97)93-43)89-50(38(42)56)72-24-67-40-45(57)63-22-65-47(40)72/h8-11,22-27,29,31,33-34,38-39,42-44,50-51H,4-7,12-21H2,1-3H3,(H,60,76)(H,62,83)(H,69,78)(H,70,75)(H,79,80)(H,84,96)(H,85,97)(H2,57,63,65)(H2,58,64,66)(H3,59,61,82)/t27?,29-,31-,33-,34-,38-,39+,42-,43-,44-,50-,51-,94?,95?/m1/s1. The molecule has 4 aliphatic rings. The van der Waals surface area contributed by atoms with Gasteiger partial charge in [-0.05, 0) is 72.9 Å². The molecule has 9 rings (SSSR count). The molecule has 0 radical (unpaired) electrons. The van der Waals surface area contributed by atoms with Crippen molar-refractivity contribution in [3.8, 4) is 0 Å². The van der Waals surface area contributed by atoms with Crippen LogP contribution < -0.4 is 43.8 Å². The largest absolute Gasteiger partial charge is 0.481 e. The third kappa shape index (κ3) is 18.5. The van der Waals surface area contributed by atoms with E-state index in [1.54, 1.807) is 26.0 Å². The van der Waals surface area contributed by atoms with E-state index < -0.39 is 166 Å². The van der Waals surface area contributed by atoms with Gasteiger partial charge in [0.1, 0.15) is 67.3 Å². The molecule has 1 aromatic carbocycles. The van der Waals surface area contributed by atoms with Crippen LogP contribution in [-0.2, 0) is 101 Å². The fraction of sp³-hybridized carbons (Fsp3) is 0.545. The van der Waals surface area contributed by atoms with Gasteiger partial charge in [0.2, 0.25) is 23.6 Å². The summed E-state index contributed by atoms with van der Waals surface area (Å²) in [4.78, 5) is 166. The number of carbonyl (C=O) groups is 9. The summed E-state index contributed by atoms with van der Waals surface area (Å²) in [5.41, 5.74) is 18.4. The number of hydrogen-bond acceptors (Lipinski definition) is 27. The van der Waals surface area contributed by atoms with Gasteiger partial charge in [-0.2, -0.15) is 0 Å². The van der Waals surface area contributed by atoms with Crippen molar-refractivity contribution in [3.63, 3.8) is 0 Å². The lowest BCUT2D eigenvalue weighted by molar-refractivity contribution is -0.165. The summed E-state index contributed by atoms with van der Waals surface area (Å²) in [6, 6.07) is 3.04. The van der Waals surface area contributed by atoms with Crippen LogP contribution in [0.5, 0.6) is 0 Å². The number of benzene rings is 1. The van der Waals surface area contributed by atoms with Crippen LogP contribution in [0.4, 0.5) is 31.3 Å². The van der Waals surface area contributed by atoms with Crippen LogP contribution in [-0.4, -0.2) is 200 Å². The van der Waals surface area contributed by atoms with Gasteiger partial charge >= 0.3 is 37.5 Å². The zero-order valence-electron chi connectivity index (χ0n) is 52.2.